The zero-order valence-electron chi connectivity index (χ0n) is 18.9. The molecular formula is C26H24FN5O3. The molecule has 2 N–H and O–H groups in total. The van der Waals surface area contributed by atoms with E-state index in [-0.39, 0.29) is 24.1 Å². The summed E-state index contributed by atoms with van der Waals surface area (Å²) in [6.45, 7) is 3.73. The molecule has 0 aliphatic carbocycles. The lowest BCUT2D eigenvalue weighted by Gasteiger charge is -2.32. The van der Waals surface area contributed by atoms with Crippen LogP contribution in [0.15, 0.2) is 84.1 Å². The van der Waals surface area contributed by atoms with Gasteiger partial charge in [0.1, 0.15) is 22.8 Å². The lowest BCUT2D eigenvalue weighted by Crippen LogP contribution is -2.43. The number of carbonyl (C=O) groups excluding carboxylic acids is 1. The van der Waals surface area contributed by atoms with E-state index in [0.717, 1.165) is 0 Å². The molecule has 5 rings (SSSR count). The molecule has 35 heavy (non-hydrogen) atoms. The van der Waals surface area contributed by atoms with Gasteiger partial charge in [-0.05, 0) is 55.3 Å². The number of nitrogens with zero attached hydrogens (tertiary/aromatic N) is 4. The summed E-state index contributed by atoms with van der Waals surface area (Å²) in [7, 11) is 0. The zero-order valence-corrected chi connectivity index (χ0v) is 18.9. The van der Waals surface area contributed by atoms with E-state index in [1.54, 1.807) is 41.1 Å². The van der Waals surface area contributed by atoms with Gasteiger partial charge >= 0.3 is 5.69 Å². The molecule has 2 aromatic heterocycles. The molecule has 178 valence electrons. The maximum absolute atomic E-state index is 13.7. The number of imidazole rings is 1. The number of benzene rings is 2. The number of fused-ring (bicyclic) bond motifs is 1. The molecule has 4 aromatic rings. The van der Waals surface area contributed by atoms with Crippen LogP contribution in [-0.2, 0) is 4.79 Å². The van der Waals surface area contributed by atoms with Crippen molar-refractivity contribution >= 4 is 22.8 Å². The highest BCUT2D eigenvalue weighted by atomic mass is 19.1. The number of rotatable bonds is 5. The summed E-state index contributed by atoms with van der Waals surface area (Å²) in [5.74, 6) is -0.220. The number of nitrogen functional groups attached to an aromatic ring is 1. The van der Waals surface area contributed by atoms with Crippen molar-refractivity contribution in [3.63, 3.8) is 0 Å². The van der Waals surface area contributed by atoms with Gasteiger partial charge in [0.25, 0.3) is 5.91 Å². The van der Waals surface area contributed by atoms with Crippen molar-refractivity contribution in [2.45, 2.75) is 18.9 Å². The normalized spacial score (nSPS) is 15.8. The molecule has 0 bridgehead atoms. The number of ether oxygens (including phenoxy) is 1. The van der Waals surface area contributed by atoms with Gasteiger partial charge in [-0.2, -0.15) is 0 Å². The molecule has 1 fully saturated rings. The molecule has 1 saturated heterocycles. The summed E-state index contributed by atoms with van der Waals surface area (Å²) in [5, 5.41) is 0. The Labute approximate surface area is 200 Å². The second-order valence-electron chi connectivity index (χ2n) is 8.41. The maximum Gasteiger partial charge on any atom is 0.334 e. The third kappa shape index (κ3) is 4.16. The Morgan fingerprint density at radius 1 is 1.09 bits per heavy atom. The number of aromatic nitrogens is 3. The summed E-state index contributed by atoms with van der Waals surface area (Å²) in [4.78, 5) is 31.5. The first-order valence-electron chi connectivity index (χ1n) is 11.3. The Morgan fingerprint density at radius 3 is 2.51 bits per heavy atom. The topological polar surface area (TPSA) is 95.4 Å². The minimum atomic E-state index is -1.01. The lowest BCUT2D eigenvalue weighted by atomic mass is 10.1. The summed E-state index contributed by atoms with van der Waals surface area (Å²) in [6, 6.07) is 17.9. The van der Waals surface area contributed by atoms with Crippen LogP contribution in [0, 0.1) is 0 Å². The highest BCUT2D eigenvalue weighted by molar-refractivity contribution is 5.91. The van der Waals surface area contributed by atoms with Crippen molar-refractivity contribution in [1.82, 2.24) is 19.0 Å². The van der Waals surface area contributed by atoms with Crippen molar-refractivity contribution < 1.29 is 13.9 Å². The van der Waals surface area contributed by atoms with E-state index >= 15 is 0 Å². The maximum atomic E-state index is 13.7. The Kier molecular flexibility index (Phi) is 5.82. The first kappa shape index (κ1) is 22.4. The van der Waals surface area contributed by atoms with E-state index in [1.165, 1.54) is 9.47 Å². The molecule has 2 aromatic carbocycles. The van der Waals surface area contributed by atoms with Crippen LogP contribution < -0.4 is 16.2 Å². The second-order valence-corrected chi connectivity index (χ2v) is 8.41. The number of para-hydroxylation sites is 1. The molecule has 1 aliphatic heterocycles. The number of anilines is 1. The molecule has 1 atom stereocenters. The van der Waals surface area contributed by atoms with Crippen LogP contribution in [-0.4, -0.2) is 38.0 Å². The van der Waals surface area contributed by atoms with E-state index in [9.17, 15) is 14.0 Å². The lowest BCUT2D eigenvalue weighted by molar-refractivity contribution is -0.130. The van der Waals surface area contributed by atoms with Crippen LogP contribution >= 0.6 is 0 Å². The van der Waals surface area contributed by atoms with Crippen LogP contribution in [0.3, 0.4) is 0 Å². The Morgan fingerprint density at radius 2 is 1.80 bits per heavy atom. The van der Waals surface area contributed by atoms with E-state index in [0.29, 0.717) is 47.6 Å². The van der Waals surface area contributed by atoms with E-state index < -0.39 is 11.7 Å². The third-order valence-corrected chi connectivity index (χ3v) is 6.17. The number of hydrogen-bond acceptors (Lipinski definition) is 5. The predicted octanol–water partition coefficient (Wildman–Crippen LogP) is 4.21. The minimum absolute atomic E-state index is 0.201. The molecule has 0 radical (unpaired) electrons. The number of amides is 1. The van der Waals surface area contributed by atoms with Crippen LogP contribution in [0.2, 0.25) is 0 Å². The largest absolute Gasteiger partial charge is 0.457 e. The molecule has 0 saturated carbocycles. The molecular weight excluding hydrogens is 449 g/mol. The first-order chi connectivity index (χ1) is 16.9. The van der Waals surface area contributed by atoms with Gasteiger partial charge in [0.05, 0.1) is 17.2 Å². The van der Waals surface area contributed by atoms with Gasteiger partial charge in [-0.15, -0.1) is 0 Å². The number of nitrogens with two attached hydrogens (primary N) is 1. The van der Waals surface area contributed by atoms with Gasteiger partial charge in [0.2, 0.25) is 0 Å². The second kappa shape index (κ2) is 9.09. The van der Waals surface area contributed by atoms with Gasteiger partial charge in [0, 0.05) is 19.3 Å². The highest BCUT2D eigenvalue weighted by Crippen LogP contribution is 2.30. The fourth-order valence-corrected chi connectivity index (χ4v) is 4.59. The van der Waals surface area contributed by atoms with Crippen LogP contribution in [0.1, 0.15) is 18.9 Å². The Hall–Kier alpha value is -4.40. The van der Waals surface area contributed by atoms with Gasteiger partial charge in [-0.25, -0.2) is 14.2 Å². The number of hydrogen-bond donors (Lipinski definition) is 1. The van der Waals surface area contributed by atoms with Crippen molar-refractivity contribution in [1.29, 1.82) is 0 Å². The molecule has 3 heterocycles. The Balaban J connectivity index is 1.55. The van der Waals surface area contributed by atoms with E-state index in [1.807, 2.05) is 30.3 Å². The zero-order chi connectivity index (χ0) is 24.5. The van der Waals surface area contributed by atoms with Gasteiger partial charge in [-0.3, -0.25) is 13.9 Å². The van der Waals surface area contributed by atoms with E-state index in [2.05, 4.69) is 11.6 Å². The quantitative estimate of drug-likeness (QED) is 0.438. The fraction of sp³-hybridized carbons (Fsp3) is 0.192. The Bertz CT molecular complexity index is 1460. The van der Waals surface area contributed by atoms with Crippen molar-refractivity contribution in [3.05, 3.63) is 89.8 Å². The molecule has 1 aliphatic rings. The molecule has 9 heteroatoms. The van der Waals surface area contributed by atoms with Crippen LogP contribution in [0.4, 0.5) is 10.2 Å². The number of likely N-dealkylation sites (tertiary alicyclic amines) is 1. The monoisotopic (exact) mass is 473 g/mol. The van der Waals surface area contributed by atoms with Gasteiger partial charge < -0.3 is 15.4 Å². The SMILES string of the molecule is C=C(F)C(=O)N1CCC[C@@H](n2c(=O)n(-c3ccc(Oc4ccccc4)cc3)c3c(N)nccc32)C1. The van der Waals surface area contributed by atoms with Crippen molar-refractivity contribution in [2.75, 3.05) is 18.8 Å². The summed E-state index contributed by atoms with van der Waals surface area (Å²) in [6.07, 6.45) is 2.84. The minimum Gasteiger partial charge on any atom is -0.457 e. The van der Waals surface area contributed by atoms with E-state index in [4.69, 9.17) is 10.5 Å². The third-order valence-electron chi connectivity index (χ3n) is 6.17. The van der Waals surface area contributed by atoms with Crippen molar-refractivity contribution in [3.8, 4) is 17.2 Å². The summed E-state index contributed by atoms with van der Waals surface area (Å²) < 4.78 is 22.5. The number of halogens is 1. The molecule has 1 amide bonds. The molecule has 8 nitrogen and oxygen atoms in total. The number of piperidine rings is 1. The first-order valence-corrected chi connectivity index (χ1v) is 11.3. The number of pyridine rings is 1. The average molecular weight is 474 g/mol. The van der Waals surface area contributed by atoms with Crippen LogP contribution in [0.25, 0.3) is 16.7 Å². The molecule has 0 spiro atoms. The number of carbonyl (C=O) groups is 1. The van der Waals surface area contributed by atoms with Gasteiger partial charge in [-0.1, -0.05) is 24.8 Å². The standard InChI is InChI=1S/C26H24FN5O3/c1-17(27)25(33)30-15-5-6-19(16-30)31-22-13-14-29-24(28)23(22)32(26(31)34)18-9-11-21(12-10-18)35-20-7-3-2-4-8-20/h2-4,7-14,19H,1,5-6,15-16H2,(H2,28,29)/t19-/m1/s1. The molecule has 0 unspecified atom stereocenters. The fourth-order valence-electron chi connectivity index (χ4n) is 4.59. The predicted molar refractivity (Wildman–Crippen MR) is 131 cm³/mol. The van der Waals surface area contributed by atoms with Crippen molar-refractivity contribution in [2.24, 2.45) is 0 Å². The highest BCUT2D eigenvalue weighted by Gasteiger charge is 2.30. The van der Waals surface area contributed by atoms with Gasteiger partial charge in [0.15, 0.2) is 5.83 Å². The van der Waals surface area contributed by atoms with Crippen LogP contribution in [0.5, 0.6) is 11.5 Å². The average Bonchev–Trinajstić information content (AvgIpc) is 3.17. The summed E-state index contributed by atoms with van der Waals surface area (Å²) in [5.41, 5.74) is 7.59. The summed E-state index contributed by atoms with van der Waals surface area (Å²) >= 11 is 0. The smallest absolute Gasteiger partial charge is 0.334 e.